The van der Waals surface area contributed by atoms with Crippen LogP contribution in [0.15, 0.2) is 42.0 Å². The number of carbonyl (C=O) groups is 2. The molecule has 3 heteroatoms. The molecule has 0 radical (unpaired) electrons. The first kappa shape index (κ1) is 9.40. The SMILES string of the molecule is O=C1C=C/C(=C\c2ccccc2O)C1=O. The fraction of sp³-hybridized carbons (Fsp3) is 0. The lowest BCUT2D eigenvalue weighted by Gasteiger charge is -1.98. The lowest BCUT2D eigenvalue weighted by atomic mass is 10.1. The van der Waals surface area contributed by atoms with Gasteiger partial charge >= 0.3 is 0 Å². The number of ketones is 2. The number of para-hydroxylation sites is 1. The van der Waals surface area contributed by atoms with Crippen molar-refractivity contribution in [3.63, 3.8) is 0 Å². The standard InChI is InChI=1S/C12H8O3/c13-10-4-2-1-3-8(10)7-9-5-6-11(14)12(9)15/h1-7,13H/b9-7+. The molecule has 1 N–H and O–H groups in total. The van der Waals surface area contributed by atoms with E-state index >= 15 is 0 Å². The molecule has 0 heterocycles. The first-order chi connectivity index (χ1) is 7.18. The molecule has 1 aromatic carbocycles. The van der Waals surface area contributed by atoms with E-state index in [1.807, 2.05) is 0 Å². The lowest BCUT2D eigenvalue weighted by molar-refractivity contribution is -0.130. The maximum Gasteiger partial charge on any atom is 0.232 e. The van der Waals surface area contributed by atoms with Crippen LogP contribution in [0.2, 0.25) is 0 Å². The summed E-state index contributed by atoms with van der Waals surface area (Å²) in [5.74, 6) is -0.958. The molecule has 1 aliphatic rings. The van der Waals surface area contributed by atoms with E-state index in [2.05, 4.69) is 0 Å². The van der Waals surface area contributed by atoms with Crippen LogP contribution in [0, 0.1) is 0 Å². The average molecular weight is 200 g/mol. The number of benzene rings is 1. The van der Waals surface area contributed by atoms with Gasteiger partial charge in [0.1, 0.15) is 5.75 Å². The van der Waals surface area contributed by atoms with Crippen molar-refractivity contribution in [2.24, 2.45) is 0 Å². The van der Waals surface area contributed by atoms with Gasteiger partial charge in [-0.1, -0.05) is 18.2 Å². The summed E-state index contributed by atoms with van der Waals surface area (Å²) in [6.07, 6.45) is 4.18. The summed E-state index contributed by atoms with van der Waals surface area (Å²) < 4.78 is 0. The van der Waals surface area contributed by atoms with Crippen LogP contribution in [0.5, 0.6) is 5.75 Å². The molecule has 0 amide bonds. The molecule has 0 aromatic heterocycles. The normalized spacial score (nSPS) is 17.7. The fourth-order valence-corrected chi connectivity index (χ4v) is 1.35. The highest BCUT2D eigenvalue weighted by atomic mass is 16.3. The third kappa shape index (κ3) is 1.72. The van der Waals surface area contributed by atoms with Crippen molar-refractivity contribution in [1.29, 1.82) is 0 Å². The second-order valence-electron chi connectivity index (χ2n) is 3.19. The second kappa shape index (κ2) is 3.53. The van der Waals surface area contributed by atoms with Crippen LogP contribution in [0.3, 0.4) is 0 Å². The highest BCUT2D eigenvalue weighted by Crippen LogP contribution is 2.21. The second-order valence-corrected chi connectivity index (χ2v) is 3.19. The van der Waals surface area contributed by atoms with Gasteiger partial charge in [0.2, 0.25) is 11.6 Å². The van der Waals surface area contributed by atoms with E-state index in [9.17, 15) is 14.7 Å². The monoisotopic (exact) mass is 200 g/mol. The zero-order chi connectivity index (χ0) is 10.8. The summed E-state index contributed by atoms with van der Waals surface area (Å²) in [5, 5.41) is 9.46. The molecule has 0 fully saturated rings. The van der Waals surface area contributed by atoms with Gasteiger partial charge in [0, 0.05) is 11.1 Å². The van der Waals surface area contributed by atoms with E-state index in [0.29, 0.717) is 11.1 Å². The molecule has 0 saturated heterocycles. The van der Waals surface area contributed by atoms with Crippen molar-refractivity contribution in [2.75, 3.05) is 0 Å². The molecular formula is C12H8O3. The number of hydrogen-bond donors (Lipinski definition) is 1. The van der Waals surface area contributed by atoms with Gasteiger partial charge in [0.05, 0.1) is 0 Å². The van der Waals surface area contributed by atoms with Crippen molar-refractivity contribution < 1.29 is 14.7 Å². The van der Waals surface area contributed by atoms with Gasteiger partial charge in [-0.15, -0.1) is 0 Å². The van der Waals surface area contributed by atoms with E-state index in [1.165, 1.54) is 24.3 Å². The Morgan fingerprint density at radius 2 is 1.80 bits per heavy atom. The molecule has 0 aliphatic heterocycles. The van der Waals surface area contributed by atoms with E-state index in [-0.39, 0.29) is 5.75 Å². The zero-order valence-corrected chi connectivity index (χ0v) is 7.81. The van der Waals surface area contributed by atoms with Crippen LogP contribution in [0.25, 0.3) is 6.08 Å². The molecule has 0 atom stereocenters. The number of Topliss-reactive ketones (excluding diaryl/α,β-unsaturated/α-hetero) is 1. The minimum atomic E-state index is -0.529. The van der Waals surface area contributed by atoms with E-state index in [0.717, 1.165) is 0 Å². The summed E-state index contributed by atoms with van der Waals surface area (Å²) in [6.45, 7) is 0. The van der Waals surface area contributed by atoms with Gasteiger partial charge in [-0.05, 0) is 24.3 Å². The summed E-state index contributed by atoms with van der Waals surface area (Å²) in [6, 6.07) is 6.63. The van der Waals surface area contributed by atoms with Crippen LogP contribution in [-0.4, -0.2) is 16.7 Å². The highest BCUT2D eigenvalue weighted by Gasteiger charge is 2.20. The number of phenols is 1. The molecule has 2 rings (SSSR count). The molecule has 0 saturated carbocycles. The van der Waals surface area contributed by atoms with Crippen LogP contribution in [-0.2, 0) is 9.59 Å². The molecule has 1 aromatic rings. The average Bonchev–Trinajstić information content (AvgIpc) is 2.53. The van der Waals surface area contributed by atoms with E-state index < -0.39 is 11.6 Å². The van der Waals surface area contributed by atoms with Crippen molar-refractivity contribution in [2.45, 2.75) is 0 Å². The number of aromatic hydroxyl groups is 1. The first-order valence-electron chi connectivity index (χ1n) is 4.45. The van der Waals surface area contributed by atoms with Crippen LogP contribution < -0.4 is 0 Å². The summed E-state index contributed by atoms with van der Waals surface area (Å²) >= 11 is 0. The largest absolute Gasteiger partial charge is 0.507 e. The molecule has 1 aliphatic carbocycles. The third-order valence-electron chi connectivity index (χ3n) is 2.15. The van der Waals surface area contributed by atoms with Crippen LogP contribution in [0.4, 0.5) is 0 Å². The van der Waals surface area contributed by atoms with Crippen molar-refractivity contribution in [1.82, 2.24) is 0 Å². The predicted molar refractivity (Wildman–Crippen MR) is 55.2 cm³/mol. The predicted octanol–water partition coefficient (Wildman–Crippen LogP) is 1.48. The zero-order valence-electron chi connectivity index (χ0n) is 7.81. The Morgan fingerprint density at radius 1 is 1.07 bits per heavy atom. The Balaban J connectivity index is 2.41. The molecule has 15 heavy (non-hydrogen) atoms. The Hall–Kier alpha value is -2.16. The topological polar surface area (TPSA) is 54.4 Å². The van der Waals surface area contributed by atoms with Gasteiger partial charge < -0.3 is 5.11 Å². The Labute approximate surface area is 86.4 Å². The molecule has 0 unspecified atom stereocenters. The Morgan fingerprint density at radius 3 is 2.40 bits per heavy atom. The third-order valence-corrected chi connectivity index (χ3v) is 2.15. The molecule has 0 spiro atoms. The molecule has 74 valence electrons. The molecular weight excluding hydrogens is 192 g/mol. The smallest absolute Gasteiger partial charge is 0.232 e. The Bertz CT molecular complexity index is 495. The van der Waals surface area contributed by atoms with Gasteiger partial charge in [0.25, 0.3) is 0 Å². The molecule has 0 bridgehead atoms. The summed E-state index contributed by atoms with van der Waals surface area (Å²) in [4.78, 5) is 22.2. The minimum Gasteiger partial charge on any atom is -0.507 e. The first-order valence-corrected chi connectivity index (χ1v) is 4.45. The summed E-state index contributed by atoms with van der Waals surface area (Å²) in [7, 11) is 0. The quantitative estimate of drug-likeness (QED) is 0.552. The van der Waals surface area contributed by atoms with Crippen LogP contribution >= 0.6 is 0 Å². The number of allylic oxidation sites excluding steroid dienone is 3. The van der Waals surface area contributed by atoms with Crippen molar-refractivity contribution >= 4 is 17.6 Å². The van der Waals surface area contributed by atoms with Crippen LogP contribution in [0.1, 0.15) is 5.56 Å². The maximum atomic E-state index is 11.3. The number of phenolic OH excluding ortho intramolecular Hbond substituents is 1. The van der Waals surface area contributed by atoms with E-state index in [4.69, 9.17) is 0 Å². The van der Waals surface area contributed by atoms with Crippen molar-refractivity contribution in [3.8, 4) is 5.75 Å². The van der Waals surface area contributed by atoms with Gasteiger partial charge in [-0.25, -0.2) is 0 Å². The summed E-state index contributed by atoms with van der Waals surface area (Å²) in [5.41, 5.74) is 0.835. The van der Waals surface area contributed by atoms with Gasteiger partial charge in [0.15, 0.2) is 0 Å². The number of hydrogen-bond acceptors (Lipinski definition) is 3. The van der Waals surface area contributed by atoms with Crippen molar-refractivity contribution in [3.05, 3.63) is 47.6 Å². The highest BCUT2D eigenvalue weighted by molar-refractivity contribution is 6.51. The number of rotatable bonds is 1. The maximum absolute atomic E-state index is 11.3. The number of carbonyl (C=O) groups excluding carboxylic acids is 2. The fourth-order valence-electron chi connectivity index (χ4n) is 1.35. The minimum absolute atomic E-state index is 0.0885. The lowest BCUT2D eigenvalue weighted by Crippen LogP contribution is -2.05. The molecule has 3 nitrogen and oxygen atoms in total. The van der Waals surface area contributed by atoms with Gasteiger partial charge in [-0.2, -0.15) is 0 Å². The van der Waals surface area contributed by atoms with Gasteiger partial charge in [-0.3, -0.25) is 9.59 Å². The Kier molecular flexibility index (Phi) is 2.21. The van der Waals surface area contributed by atoms with E-state index in [1.54, 1.807) is 18.2 Å².